The summed E-state index contributed by atoms with van der Waals surface area (Å²) in [5.41, 5.74) is 0.848. The summed E-state index contributed by atoms with van der Waals surface area (Å²) < 4.78 is 22.8. The maximum Gasteiger partial charge on any atom is 0.195 e. The average molecular weight is 370 g/mol. The predicted molar refractivity (Wildman–Crippen MR) is 107 cm³/mol. The van der Waals surface area contributed by atoms with Gasteiger partial charge in [-0.2, -0.15) is 0 Å². The fourth-order valence-corrected chi connectivity index (χ4v) is 2.88. The third-order valence-electron chi connectivity index (χ3n) is 3.30. The Morgan fingerprint density at radius 3 is 2.52 bits per heavy atom. The van der Waals surface area contributed by atoms with E-state index in [4.69, 9.17) is 9.47 Å². The minimum absolute atomic E-state index is 0.219. The molecule has 0 aliphatic heterocycles. The summed E-state index contributed by atoms with van der Waals surface area (Å²) in [4.78, 5) is 4.51. The topological polar surface area (TPSA) is 72.0 Å². The summed E-state index contributed by atoms with van der Waals surface area (Å²) in [5, 5.41) is 6.44. The fourth-order valence-electron chi connectivity index (χ4n) is 2.01. The van der Waals surface area contributed by atoms with Gasteiger partial charge >= 0.3 is 0 Å². The Morgan fingerprint density at radius 1 is 1.24 bits per heavy atom. The molecule has 0 saturated carbocycles. The Bertz CT molecular complexity index is 598. The number of guanidine groups is 1. The Hall–Kier alpha value is -1.76. The maximum atomic E-state index is 12.1. The van der Waals surface area contributed by atoms with E-state index < -0.39 is 10.8 Å². The zero-order chi connectivity index (χ0) is 18.9. The molecule has 7 heteroatoms. The first-order valence-electron chi connectivity index (χ1n) is 8.56. The van der Waals surface area contributed by atoms with E-state index >= 15 is 0 Å². The van der Waals surface area contributed by atoms with Gasteiger partial charge in [0.05, 0.1) is 20.3 Å². The lowest BCUT2D eigenvalue weighted by molar-refractivity contribution is 0.311. The van der Waals surface area contributed by atoms with Gasteiger partial charge in [0.25, 0.3) is 0 Å². The van der Waals surface area contributed by atoms with Gasteiger partial charge in [0.15, 0.2) is 17.5 Å². The SMILES string of the molecule is CCNC(=NCCS(=O)C(C)(C)C)Nc1ccc(OC)c(OCC)c1. The lowest BCUT2D eigenvalue weighted by atomic mass is 10.2. The van der Waals surface area contributed by atoms with Crippen LogP contribution in [0.5, 0.6) is 11.5 Å². The molecule has 1 atom stereocenters. The van der Waals surface area contributed by atoms with Gasteiger partial charge in [0.1, 0.15) is 0 Å². The second-order valence-corrected chi connectivity index (χ2v) is 8.67. The zero-order valence-electron chi connectivity index (χ0n) is 16.1. The van der Waals surface area contributed by atoms with Gasteiger partial charge in [-0.3, -0.25) is 9.20 Å². The molecule has 6 nitrogen and oxygen atoms in total. The number of nitrogens with zero attached hydrogens (tertiary/aromatic N) is 1. The average Bonchev–Trinajstić information content (AvgIpc) is 2.54. The van der Waals surface area contributed by atoms with E-state index in [2.05, 4.69) is 15.6 Å². The van der Waals surface area contributed by atoms with Gasteiger partial charge < -0.3 is 20.1 Å². The van der Waals surface area contributed by atoms with Crippen LogP contribution in [-0.2, 0) is 10.8 Å². The van der Waals surface area contributed by atoms with Crippen LogP contribution in [0.1, 0.15) is 34.6 Å². The highest BCUT2D eigenvalue weighted by Gasteiger charge is 2.18. The molecule has 0 saturated heterocycles. The summed E-state index contributed by atoms with van der Waals surface area (Å²) in [6.45, 7) is 11.7. The van der Waals surface area contributed by atoms with Crippen LogP contribution in [0.15, 0.2) is 23.2 Å². The van der Waals surface area contributed by atoms with Crippen LogP contribution in [0.4, 0.5) is 5.69 Å². The molecule has 0 amide bonds. The molecule has 1 aromatic rings. The van der Waals surface area contributed by atoms with Crippen LogP contribution >= 0.6 is 0 Å². The second-order valence-electron chi connectivity index (χ2n) is 6.35. The largest absolute Gasteiger partial charge is 0.493 e. The van der Waals surface area contributed by atoms with Crippen LogP contribution in [0.2, 0.25) is 0 Å². The van der Waals surface area contributed by atoms with Crippen LogP contribution < -0.4 is 20.1 Å². The molecular formula is C18H31N3O3S. The Kier molecular flexibility index (Phi) is 8.75. The number of anilines is 1. The number of hydrogen-bond donors (Lipinski definition) is 2. The van der Waals surface area contributed by atoms with Crippen LogP contribution in [0.3, 0.4) is 0 Å². The normalized spacial score (nSPS) is 13.3. The molecule has 0 fully saturated rings. The Balaban J connectivity index is 2.81. The number of aliphatic imine (C=N–C) groups is 1. The first-order chi connectivity index (χ1) is 11.8. The standard InChI is InChI=1S/C18H31N3O3S/c1-7-19-17(20-11-12-25(22)18(3,4)5)21-14-9-10-15(23-6)16(13-14)24-8-2/h9-10,13H,7-8,11-12H2,1-6H3,(H2,19,20,21). The summed E-state index contributed by atoms with van der Waals surface area (Å²) in [6.07, 6.45) is 0. The van der Waals surface area contributed by atoms with Crippen LogP contribution in [0, 0.1) is 0 Å². The van der Waals surface area contributed by atoms with Gasteiger partial charge in [0.2, 0.25) is 0 Å². The van der Waals surface area contributed by atoms with Crippen molar-refractivity contribution in [1.82, 2.24) is 5.32 Å². The minimum Gasteiger partial charge on any atom is -0.493 e. The van der Waals surface area contributed by atoms with Crippen LogP contribution in [0.25, 0.3) is 0 Å². The highest BCUT2D eigenvalue weighted by molar-refractivity contribution is 7.86. The Labute approximate surface area is 153 Å². The Morgan fingerprint density at radius 2 is 1.96 bits per heavy atom. The van der Waals surface area contributed by atoms with Crippen molar-refractivity contribution in [1.29, 1.82) is 0 Å². The highest BCUT2D eigenvalue weighted by atomic mass is 32.2. The number of benzene rings is 1. The number of methoxy groups -OCH3 is 1. The molecule has 0 heterocycles. The van der Waals surface area contributed by atoms with E-state index in [9.17, 15) is 4.21 Å². The van der Waals surface area contributed by atoms with Crippen molar-refractivity contribution >= 4 is 22.4 Å². The van der Waals surface area contributed by atoms with Crippen molar-refractivity contribution in [2.75, 3.05) is 37.9 Å². The summed E-state index contributed by atoms with van der Waals surface area (Å²) in [5.74, 6) is 2.56. The van der Waals surface area contributed by atoms with Crippen molar-refractivity contribution in [2.24, 2.45) is 4.99 Å². The summed E-state index contributed by atoms with van der Waals surface area (Å²) >= 11 is 0. The molecule has 2 N–H and O–H groups in total. The maximum absolute atomic E-state index is 12.1. The number of rotatable bonds is 8. The second kappa shape index (κ2) is 10.3. The zero-order valence-corrected chi connectivity index (χ0v) is 17.0. The molecule has 142 valence electrons. The first-order valence-corrected chi connectivity index (χ1v) is 9.88. The molecule has 1 rings (SSSR count). The van der Waals surface area contributed by atoms with Gasteiger partial charge in [0, 0.05) is 39.6 Å². The molecule has 0 aliphatic carbocycles. The fraction of sp³-hybridized carbons (Fsp3) is 0.611. The summed E-state index contributed by atoms with van der Waals surface area (Å²) in [6, 6.07) is 5.63. The molecule has 1 unspecified atom stereocenters. The predicted octanol–water partition coefficient (Wildman–Crippen LogP) is 3.02. The molecule has 0 aliphatic rings. The van der Waals surface area contributed by atoms with Crippen molar-refractivity contribution < 1.29 is 13.7 Å². The van der Waals surface area contributed by atoms with Crippen molar-refractivity contribution in [3.63, 3.8) is 0 Å². The monoisotopic (exact) mass is 369 g/mol. The van der Waals surface area contributed by atoms with E-state index in [1.165, 1.54) is 0 Å². The quantitative estimate of drug-likeness (QED) is 0.544. The third kappa shape index (κ3) is 7.34. The molecule has 1 aromatic carbocycles. The number of hydrogen-bond acceptors (Lipinski definition) is 4. The molecule has 25 heavy (non-hydrogen) atoms. The molecule has 0 bridgehead atoms. The first kappa shape index (κ1) is 21.3. The van der Waals surface area contributed by atoms with Gasteiger partial charge in [-0.15, -0.1) is 0 Å². The lowest BCUT2D eigenvalue weighted by Gasteiger charge is -2.17. The number of nitrogens with one attached hydrogen (secondary N) is 2. The van der Waals surface area contributed by atoms with E-state index in [0.717, 1.165) is 12.2 Å². The van der Waals surface area contributed by atoms with Crippen molar-refractivity contribution in [2.45, 2.75) is 39.4 Å². The highest BCUT2D eigenvalue weighted by Crippen LogP contribution is 2.30. The van der Waals surface area contributed by atoms with E-state index in [-0.39, 0.29) is 4.75 Å². The van der Waals surface area contributed by atoms with E-state index in [1.807, 2.05) is 52.8 Å². The molecule has 0 aromatic heterocycles. The van der Waals surface area contributed by atoms with Crippen molar-refractivity contribution in [3.05, 3.63) is 18.2 Å². The minimum atomic E-state index is -0.914. The lowest BCUT2D eigenvalue weighted by Crippen LogP contribution is -2.32. The van der Waals surface area contributed by atoms with E-state index in [0.29, 0.717) is 36.4 Å². The van der Waals surface area contributed by atoms with Crippen LogP contribution in [-0.4, -0.2) is 47.5 Å². The van der Waals surface area contributed by atoms with Crippen molar-refractivity contribution in [3.8, 4) is 11.5 Å². The molecular weight excluding hydrogens is 338 g/mol. The van der Waals surface area contributed by atoms with Gasteiger partial charge in [-0.1, -0.05) is 0 Å². The summed E-state index contributed by atoms with van der Waals surface area (Å²) in [7, 11) is 0.703. The van der Waals surface area contributed by atoms with E-state index in [1.54, 1.807) is 7.11 Å². The molecule has 0 radical (unpaired) electrons. The number of ether oxygens (including phenoxy) is 2. The molecule has 0 spiro atoms. The van der Waals surface area contributed by atoms with Gasteiger partial charge in [-0.05, 0) is 46.8 Å². The smallest absolute Gasteiger partial charge is 0.195 e. The van der Waals surface area contributed by atoms with Gasteiger partial charge in [-0.25, -0.2) is 0 Å². The third-order valence-corrected chi connectivity index (χ3v) is 5.22.